The molecule has 1 aromatic heterocycles. The third kappa shape index (κ3) is 4.54. The SMILES string of the molecule is CCNCc1ccc(OCc2cccc([N+](=O)[O-])c2)cn1. The second-order valence-electron chi connectivity index (χ2n) is 4.48. The van der Waals surface area contributed by atoms with Crippen LogP contribution in [-0.4, -0.2) is 16.5 Å². The van der Waals surface area contributed by atoms with Gasteiger partial charge in [-0.15, -0.1) is 0 Å². The monoisotopic (exact) mass is 287 g/mol. The van der Waals surface area contributed by atoms with E-state index >= 15 is 0 Å². The van der Waals surface area contributed by atoms with Crippen LogP contribution in [0.15, 0.2) is 42.6 Å². The fraction of sp³-hybridized carbons (Fsp3) is 0.267. The molecule has 2 rings (SSSR count). The zero-order chi connectivity index (χ0) is 15.1. The van der Waals surface area contributed by atoms with Gasteiger partial charge in [-0.05, 0) is 24.2 Å². The Labute approximate surface area is 122 Å². The van der Waals surface area contributed by atoms with Crippen molar-refractivity contribution in [1.82, 2.24) is 10.3 Å². The van der Waals surface area contributed by atoms with Crippen molar-refractivity contribution in [2.45, 2.75) is 20.1 Å². The average Bonchev–Trinajstić information content (AvgIpc) is 2.52. The molecule has 0 radical (unpaired) electrons. The molecule has 6 heteroatoms. The summed E-state index contributed by atoms with van der Waals surface area (Å²) in [7, 11) is 0. The molecule has 110 valence electrons. The van der Waals surface area contributed by atoms with Gasteiger partial charge in [-0.3, -0.25) is 15.1 Å². The van der Waals surface area contributed by atoms with Crippen molar-refractivity contribution >= 4 is 5.69 Å². The second-order valence-corrected chi connectivity index (χ2v) is 4.48. The summed E-state index contributed by atoms with van der Waals surface area (Å²) >= 11 is 0. The highest BCUT2D eigenvalue weighted by Crippen LogP contribution is 2.16. The molecule has 0 aliphatic heterocycles. The topological polar surface area (TPSA) is 77.3 Å². The maximum absolute atomic E-state index is 10.7. The van der Waals surface area contributed by atoms with Crippen LogP contribution < -0.4 is 10.1 Å². The zero-order valence-electron chi connectivity index (χ0n) is 11.8. The molecule has 0 fully saturated rings. The predicted octanol–water partition coefficient (Wildman–Crippen LogP) is 2.68. The third-order valence-electron chi connectivity index (χ3n) is 2.88. The maximum Gasteiger partial charge on any atom is 0.269 e. The second kappa shape index (κ2) is 7.35. The lowest BCUT2D eigenvalue weighted by Gasteiger charge is -2.07. The first kappa shape index (κ1) is 14.9. The normalized spacial score (nSPS) is 10.3. The molecule has 0 amide bonds. The van der Waals surface area contributed by atoms with E-state index in [1.807, 2.05) is 19.1 Å². The molecule has 6 nitrogen and oxygen atoms in total. The number of hydrogen-bond acceptors (Lipinski definition) is 5. The predicted molar refractivity (Wildman–Crippen MR) is 79.0 cm³/mol. The molecule has 21 heavy (non-hydrogen) atoms. The minimum atomic E-state index is -0.416. The minimum Gasteiger partial charge on any atom is -0.487 e. The van der Waals surface area contributed by atoms with Gasteiger partial charge >= 0.3 is 0 Å². The van der Waals surface area contributed by atoms with Crippen LogP contribution in [0.2, 0.25) is 0 Å². The van der Waals surface area contributed by atoms with Crippen LogP contribution in [0.25, 0.3) is 0 Å². The highest BCUT2D eigenvalue weighted by molar-refractivity contribution is 5.34. The van der Waals surface area contributed by atoms with Crippen molar-refractivity contribution in [1.29, 1.82) is 0 Å². The van der Waals surface area contributed by atoms with E-state index in [0.29, 0.717) is 5.75 Å². The van der Waals surface area contributed by atoms with E-state index in [9.17, 15) is 10.1 Å². The largest absolute Gasteiger partial charge is 0.487 e. The van der Waals surface area contributed by atoms with E-state index in [2.05, 4.69) is 10.3 Å². The van der Waals surface area contributed by atoms with Crippen molar-refractivity contribution in [3.8, 4) is 5.75 Å². The lowest BCUT2D eigenvalue weighted by Crippen LogP contribution is -2.12. The van der Waals surface area contributed by atoms with Gasteiger partial charge in [0.25, 0.3) is 5.69 Å². The fourth-order valence-corrected chi connectivity index (χ4v) is 1.78. The summed E-state index contributed by atoms with van der Waals surface area (Å²) in [6, 6.07) is 10.1. The molecular formula is C15H17N3O3. The third-order valence-corrected chi connectivity index (χ3v) is 2.88. The molecule has 1 aromatic carbocycles. The molecule has 2 aromatic rings. The van der Waals surface area contributed by atoms with Gasteiger partial charge in [0.1, 0.15) is 12.4 Å². The summed E-state index contributed by atoms with van der Waals surface area (Å²) < 4.78 is 5.58. The minimum absolute atomic E-state index is 0.0650. The standard InChI is InChI=1S/C15H17N3O3/c1-2-16-9-13-6-7-15(10-17-13)21-11-12-4-3-5-14(8-12)18(19)20/h3-8,10,16H,2,9,11H2,1H3. The van der Waals surface area contributed by atoms with Gasteiger partial charge in [0.2, 0.25) is 0 Å². The van der Waals surface area contributed by atoms with E-state index in [1.165, 1.54) is 12.1 Å². The Bertz CT molecular complexity index is 599. The number of nitro benzene ring substituents is 1. The first-order chi connectivity index (χ1) is 10.2. The summed E-state index contributed by atoms with van der Waals surface area (Å²) in [6.07, 6.45) is 1.66. The van der Waals surface area contributed by atoms with Crippen LogP contribution in [0, 0.1) is 10.1 Å². The van der Waals surface area contributed by atoms with Crippen LogP contribution in [0.1, 0.15) is 18.2 Å². The number of benzene rings is 1. The average molecular weight is 287 g/mol. The number of nitro groups is 1. The molecule has 0 aliphatic rings. The molecule has 1 heterocycles. The Kier molecular flexibility index (Phi) is 5.22. The van der Waals surface area contributed by atoms with Crippen LogP contribution in [0.3, 0.4) is 0 Å². The van der Waals surface area contributed by atoms with E-state index < -0.39 is 4.92 Å². The van der Waals surface area contributed by atoms with Crippen molar-refractivity contribution in [3.05, 3.63) is 64.0 Å². The number of rotatable bonds is 7. The molecule has 0 saturated carbocycles. The summed E-state index contributed by atoms with van der Waals surface area (Å²) in [4.78, 5) is 14.6. The highest BCUT2D eigenvalue weighted by Gasteiger charge is 2.06. The van der Waals surface area contributed by atoms with Gasteiger partial charge in [0.05, 0.1) is 16.8 Å². The molecule has 0 spiro atoms. The number of aromatic nitrogens is 1. The first-order valence-electron chi connectivity index (χ1n) is 6.71. The zero-order valence-corrected chi connectivity index (χ0v) is 11.8. The summed E-state index contributed by atoms with van der Waals surface area (Å²) in [5, 5.41) is 13.9. The Morgan fingerprint density at radius 3 is 2.86 bits per heavy atom. The number of nitrogens with one attached hydrogen (secondary N) is 1. The van der Waals surface area contributed by atoms with Crippen molar-refractivity contribution < 1.29 is 9.66 Å². The number of non-ortho nitro benzene ring substituents is 1. The smallest absolute Gasteiger partial charge is 0.269 e. The van der Waals surface area contributed by atoms with Gasteiger partial charge < -0.3 is 10.1 Å². The van der Waals surface area contributed by atoms with E-state index in [0.717, 1.165) is 24.3 Å². The van der Waals surface area contributed by atoms with Crippen molar-refractivity contribution in [2.75, 3.05) is 6.54 Å². The molecule has 0 atom stereocenters. The van der Waals surface area contributed by atoms with Crippen LogP contribution in [0.4, 0.5) is 5.69 Å². The van der Waals surface area contributed by atoms with E-state index in [4.69, 9.17) is 4.74 Å². The van der Waals surface area contributed by atoms with Gasteiger partial charge in [-0.1, -0.05) is 19.1 Å². The van der Waals surface area contributed by atoms with Gasteiger partial charge in [-0.2, -0.15) is 0 Å². The highest BCUT2D eigenvalue weighted by atomic mass is 16.6. The Morgan fingerprint density at radius 2 is 2.19 bits per heavy atom. The van der Waals surface area contributed by atoms with Crippen molar-refractivity contribution in [3.63, 3.8) is 0 Å². The number of pyridine rings is 1. The summed E-state index contributed by atoms with van der Waals surface area (Å²) in [6.45, 7) is 3.93. The first-order valence-corrected chi connectivity index (χ1v) is 6.71. The molecular weight excluding hydrogens is 270 g/mol. The van der Waals surface area contributed by atoms with E-state index in [1.54, 1.807) is 18.3 Å². The summed E-state index contributed by atoms with van der Waals surface area (Å²) in [5.74, 6) is 0.641. The van der Waals surface area contributed by atoms with Gasteiger partial charge in [-0.25, -0.2) is 0 Å². The maximum atomic E-state index is 10.7. The quantitative estimate of drug-likeness (QED) is 0.625. The van der Waals surface area contributed by atoms with Crippen LogP contribution in [-0.2, 0) is 13.2 Å². The summed E-state index contributed by atoms with van der Waals surface area (Å²) in [5.41, 5.74) is 1.76. The number of nitrogens with zero attached hydrogens (tertiary/aromatic N) is 2. The van der Waals surface area contributed by atoms with Gasteiger partial charge in [0.15, 0.2) is 0 Å². The Hall–Kier alpha value is -2.47. The number of ether oxygens (including phenoxy) is 1. The van der Waals surface area contributed by atoms with Crippen molar-refractivity contribution in [2.24, 2.45) is 0 Å². The molecule has 1 N–H and O–H groups in total. The lowest BCUT2D eigenvalue weighted by molar-refractivity contribution is -0.384. The Morgan fingerprint density at radius 1 is 1.33 bits per heavy atom. The van der Waals surface area contributed by atoms with E-state index in [-0.39, 0.29) is 12.3 Å². The fourth-order valence-electron chi connectivity index (χ4n) is 1.78. The lowest BCUT2D eigenvalue weighted by atomic mass is 10.2. The van der Waals surface area contributed by atoms with Crippen LogP contribution in [0.5, 0.6) is 5.75 Å². The molecule has 0 aliphatic carbocycles. The molecule has 0 saturated heterocycles. The number of hydrogen-bond donors (Lipinski definition) is 1. The van der Waals surface area contributed by atoms with Crippen LogP contribution >= 0.6 is 0 Å². The molecule has 0 unspecified atom stereocenters. The molecule has 0 bridgehead atoms. The van der Waals surface area contributed by atoms with Gasteiger partial charge in [0, 0.05) is 18.7 Å². The Balaban J connectivity index is 1.93.